The van der Waals surface area contributed by atoms with Crippen molar-refractivity contribution in [1.82, 2.24) is 15.0 Å². The van der Waals surface area contributed by atoms with Gasteiger partial charge in [0.2, 0.25) is 0 Å². The average Bonchev–Trinajstić information content (AvgIpc) is 2.17. The fraction of sp³-hybridized carbons (Fsp3) is 0.222. The van der Waals surface area contributed by atoms with Crippen LogP contribution in [0, 0.1) is 0 Å². The van der Waals surface area contributed by atoms with Gasteiger partial charge in [0.15, 0.2) is 0 Å². The summed E-state index contributed by atoms with van der Waals surface area (Å²) in [5.74, 6) is 0. The van der Waals surface area contributed by atoms with Crippen LogP contribution in [0.1, 0.15) is 12.6 Å². The number of aryl methyl sites for hydroxylation is 1. The first-order chi connectivity index (χ1) is 5.90. The van der Waals surface area contributed by atoms with Crippen LogP contribution in [-0.2, 0) is 6.42 Å². The number of aromatic nitrogens is 3. The highest BCUT2D eigenvalue weighted by Crippen LogP contribution is 2.07. The predicted octanol–water partition coefficient (Wildman–Crippen LogP) is 1.59. The highest BCUT2D eigenvalue weighted by Gasteiger charge is 1.95. The van der Waals surface area contributed by atoms with Crippen LogP contribution in [0.2, 0.25) is 0 Å². The molecule has 0 aliphatic rings. The molecule has 0 bridgehead atoms. The topological polar surface area (TPSA) is 38.7 Å². The molecule has 12 heavy (non-hydrogen) atoms. The fourth-order valence-corrected chi connectivity index (χ4v) is 1.11. The monoisotopic (exact) mass is 159 g/mol. The second kappa shape index (κ2) is 2.85. The summed E-state index contributed by atoms with van der Waals surface area (Å²) in [7, 11) is 0. The summed E-state index contributed by atoms with van der Waals surface area (Å²) in [4.78, 5) is 12.4. The lowest BCUT2D eigenvalue weighted by molar-refractivity contribution is 1.05. The van der Waals surface area contributed by atoms with E-state index in [2.05, 4.69) is 21.9 Å². The lowest BCUT2D eigenvalue weighted by Crippen LogP contribution is -1.89. The first-order valence-corrected chi connectivity index (χ1v) is 3.96. The van der Waals surface area contributed by atoms with Gasteiger partial charge in [-0.25, -0.2) is 15.0 Å². The molecule has 2 heterocycles. The quantitative estimate of drug-likeness (QED) is 0.634. The van der Waals surface area contributed by atoms with E-state index in [1.165, 1.54) is 6.33 Å². The van der Waals surface area contributed by atoms with E-state index in [9.17, 15) is 0 Å². The van der Waals surface area contributed by atoms with Crippen LogP contribution in [0.3, 0.4) is 0 Å². The molecule has 60 valence electrons. The SMILES string of the molecule is CCc1ccc2ncncc2n1. The van der Waals surface area contributed by atoms with Gasteiger partial charge in [0, 0.05) is 5.69 Å². The predicted molar refractivity (Wildman–Crippen MR) is 46.7 cm³/mol. The molecule has 0 aliphatic heterocycles. The van der Waals surface area contributed by atoms with E-state index >= 15 is 0 Å². The molecular formula is C9H9N3. The lowest BCUT2D eigenvalue weighted by atomic mass is 10.2. The van der Waals surface area contributed by atoms with Gasteiger partial charge >= 0.3 is 0 Å². The Labute approximate surface area is 70.5 Å². The number of hydrogen-bond acceptors (Lipinski definition) is 3. The maximum atomic E-state index is 4.37. The van der Waals surface area contributed by atoms with Gasteiger partial charge in [0.1, 0.15) is 11.8 Å². The van der Waals surface area contributed by atoms with Gasteiger partial charge in [-0.3, -0.25) is 0 Å². The highest BCUT2D eigenvalue weighted by molar-refractivity contribution is 5.72. The molecule has 2 rings (SSSR count). The van der Waals surface area contributed by atoms with Crippen molar-refractivity contribution in [2.75, 3.05) is 0 Å². The molecule has 0 amide bonds. The third kappa shape index (κ3) is 1.13. The number of nitrogens with zero attached hydrogens (tertiary/aromatic N) is 3. The molecule has 0 N–H and O–H groups in total. The zero-order chi connectivity index (χ0) is 8.39. The lowest BCUT2D eigenvalue weighted by Gasteiger charge is -1.97. The molecular weight excluding hydrogens is 150 g/mol. The van der Waals surface area contributed by atoms with Crippen molar-refractivity contribution in [1.29, 1.82) is 0 Å². The molecule has 0 fully saturated rings. The summed E-state index contributed by atoms with van der Waals surface area (Å²) in [5.41, 5.74) is 2.86. The Hall–Kier alpha value is -1.51. The van der Waals surface area contributed by atoms with E-state index in [4.69, 9.17) is 0 Å². The normalized spacial score (nSPS) is 10.4. The largest absolute Gasteiger partial charge is 0.250 e. The van der Waals surface area contributed by atoms with Crippen LogP contribution < -0.4 is 0 Å². The molecule has 3 heteroatoms. The number of rotatable bonds is 1. The number of fused-ring (bicyclic) bond motifs is 1. The van der Waals surface area contributed by atoms with Gasteiger partial charge in [0.05, 0.1) is 11.7 Å². The van der Waals surface area contributed by atoms with Crippen molar-refractivity contribution in [3.63, 3.8) is 0 Å². The van der Waals surface area contributed by atoms with Gasteiger partial charge in [-0.1, -0.05) is 6.92 Å². The van der Waals surface area contributed by atoms with E-state index < -0.39 is 0 Å². The summed E-state index contributed by atoms with van der Waals surface area (Å²) in [5, 5.41) is 0. The Bertz CT molecular complexity index is 398. The third-order valence-electron chi connectivity index (χ3n) is 1.78. The van der Waals surface area contributed by atoms with Crippen molar-refractivity contribution in [2.24, 2.45) is 0 Å². The Morgan fingerprint density at radius 2 is 2.17 bits per heavy atom. The van der Waals surface area contributed by atoms with E-state index in [-0.39, 0.29) is 0 Å². The molecule has 0 atom stereocenters. The van der Waals surface area contributed by atoms with Crippen LogP contribution in [0.4, 0.5) is 0 Å². The zero-order valence-corrected chi connectivity index (χ0v) is 6.86. The molecule has 0 unspecified atom stereocenters. The molecule has 2 aromatic heterocycles. The molecule has 0 saturated carbocycles. The summed E-state index contributed by atoms with van der Waals surface area (Å²) in [6.45, 7) is 2.08. The molecule has 0 aromatic carbocycles. The maximum Gasteiger partial charge on any atom is 0.116 e. The van der Waals surface area contributed by atoms with Gasteiger partial charge < -0.3 is 0 Å². The molecule has 0 saturated heterocycles. The van der Waals surface area contributed by atoms with Gasteiger partial charge in [0.25, 0.3) is 0 Å². The minimum absolute atomic E-state index is 0.872. The van der Waals surface area contributed by atoms with Gasteiger partial charge in [-0.05, 0) is 18.6 Å². The molecule has 3 nitrogen and oxygen atoms in total. The second-order valence-electron chi connectivity index (χ2n) is 2.58. The number of pyridine rings is 1. The van der Waals surface area contributed by atoms with Gasteiger partial charge in [-0.15, -0.1) is 0 Å². The Balaban J connectivity index is 2.67. The molecule has 0 aliphatic carbocycles. The zero-order valence-electron chi connectivity index (χ0n) is 6.86. The molecule has 0 radical (unpaired) electrons. The smallest absolute Gasteiger partial charge is 0.116 e. The number of hydrogen-bond donors (Lipinski definition) is 0. The first-order valence-electron chi connectivity index (χ1n) is 3.96. The summed E-state index contributed by atoms with van der Waals surface area (Å²) >= 11 is 0. The maximum absolute atomic E-state index is 4.37. The molecule has 0 spiro atoms. The average molecular weight is 159 g/mol. The van der Waals surface area contributed by atoms with Crippen molar-refractivity contribution in [2.45, 2.75) is 13.3 Å². The van der Waals surface area contributed by atoms with Gasteiger partial charge in [-0.2, -0.15) is 0 Å². The van der Waals surface area contributed by atoms with Crippen LogP contribution >= 0.6 is 0 Å². The van der Waals surface area contributed by atoms with E-state index in [1.54, 1.807) is 6.20 Å². The highest BCUT2D eigenvalue weighted by atomic mass is 14.9. The second-order valence-corrected chi connectivity index (χ2v) is 2.58. The Kier molecular flexibility index (Phi) is 1.70. The summed E-state index contributed by atoms with van der Waals surface area (Å²) in [6.07, 6.45) is 4.22. The van der Waals surface area contributed by atoms with Crippen molar-refractivity contribution in [3.05, 3.63) is 30.4 Å². The van der Waals surface area contributed by atoms with Crippen LogP contribution in [-0.4, -0.2) is 15.0 Å². The fourth-order valence-electron chi connectivity index (χ4n) is 1.11. The molecule has 2 aromatic rings. The minimum atomic E-state index is 0.872. The first kappa shape index (κ1) is 7.16. The standard InChI is InChI=1S/C9H9N3/c1-2-7-3-4-8-9(12-7)5-10-6-11-8/h3-6H,2H2,1H3. The van der Waals surface area contributed by atoms with Crippen LogP contribution in [0.5, 0.6) is 0 Å². The van der Waals surface area contributed by atoms with E-state index in [0.717, 1.165) is 23.1 Å². The van der Waals surface area contributed by atoms with Crippen LogP contribution in [0.25, 0.3) is 11.0 Å². The Morgan fingerprint density at radius 1 is 1.25 bits per heavy atom. The van der Waals surface area contributed by atoms with E-state index in [1.807, 2.05) is 12.1 Å². The third-order valence-corrected chi connectivity index (χ3v) is 1.78. The van der Waals surface area contributed by atoms with Crippen molar-refractivity contribution in [3.8, 4) is 0 Å². The summed E-state index contributed by atoms with van der Waals surface area (Å²) < 4.78 is 0. The Morgan fingerprint density at radius 3 is 3.00 bits per heavy atom. The minimum Gasteiger partial charge on any atom is -0.250 e. The van der Waals surface area contributed by atoms with Crippen molar-refractivity contribution < 1.29 is 0 Å². The van der Waals surface area contributed by atoms with Crippen molar-refractivity contribution >= 4 is 11.0 Å². The van der Waals surface area contributed by atoms with E-state index in [0.29, 0.717) is 0 Å². The summed E-state index contributed by atoms with van der Waals surface area (Å²) in [6, 6.07) is 3.97. The van der Waals surface area contributed by atoms with Crippen LogP contribution in [0.15, 0.2) is 24.7 Å².